The van der Waals surface area contributed by atoms with Gasteiger partial charge in [0.2, 0.25) is 0 Å². The number of nitrogens with one attached hydrogen (secondary N) is 1. The number of aromatic amines is 1. The zero-order valence-corrected chi connectivity index (χ0v) is 19.0. The number of carbonyl (C=O) groups is 2. The average molecular weight is 471 g/mol. The number of rotatable bonds is 6. The van der Waals surface area contributed by atoms with Crippen LogP contribution >= 0.6 is 0 Å². The molecule has 0 radical (unpaired) electrons. The summed E-state index contributed by atoms with van der Waals surface area (Å²) in [4.78, 5) is 31.0. The number of aromatic nitrogens is 1. The minimum Gasteiger partial charge on any atom is -0.507 e. The van der Waals surface area contributed by atoms with Gasteiger partial charge in [-0.1, -0.05) is 30.3 Å². The van der Waals surface area contributed by atoms with E-state index in [1.165, 1.54) is 36.3 Å². The summed E-state index contributed by atoms with van der Waals surface area (Å²) >= 11 is 0. The monoisotopic (exact) mass is 470 g/mol. The number of halogens is 1. The van der Waals surface area contributed by atoms with Gasteiger partial charge in [-0.15, -0.1) is 0 Å². The van der Waals surface area contributed by atoms with E-state index < -0.39 is 23.5 Å². The molecule has 1 unspecified atom stereocenters. The van der Waals surface area contributed by atoms with Crippen molar-refractivity contribution in [3.63, 3.8) is 0 Å². The topological polar surface area (TPSA) is 82.6 Å². The fourth-order valence-electron chi connectivity index (χ4n) is 4.59. The van der Waals surface area contributed by atoms with E-state index in [0.29, 0.717) is 23.3 Å². The van der Waals surface area contributed by atoms with Crippen molar-refractivity contribution in [1.82, 2.24) is 9.88 Å². The number of hydrogen-bond donors (Lipinski definition) is 2. The van der Waals surface area contributed by atoms with E-state index in [1.54, 1.807) is 24.3 Å². The predicted octanol–water partition coefficient (Wildman–Crippen LogP) is 4.98. The molecule has 5 rings (SSSR count). The Morgan fingerprint density at radius 1 is 1.03 bits per heavy atom. The van der Waals surface area contributed by atoms with Gasteiger partial charge < -0.3 is 19.7 Å². The van der Waals surface area contributed by atoms with Crippen LogP contribution in [0.2, 0.25) is 0 Å². The molecule has 1 aliphatic rings. The first-order chi connectivity index (χ1) is 17.0. The molecule has 4 aromatic rings. The molecular formula is C28H23FN2O4. The first kappa shape index (κ1) is 22.4. The molecule has 1 aromatic heterocycles. The zero-order chi connectivity index (χ0) is 24.5. The van der Waals surface area contributed by atoms with Crippen molar-refractivity contribution in [3.05, 3.63) is 107 Å². The maximum Gasteiger partial charge on any atom is 0.295 e. The molecule has 2 heterocycles. The third-order valence-corrected chi connectivity index (χ3v) is 6.39. The molecule has 1 saturated heterocycles. The number of methoxy groups -OCH3 is 1. The number of benzene rings is 3. The van der Waals surface area contributed by atoms with Gasteiger partial charge in [0.1, 0.15) is 17.3 Å². The highest BCUT2D eigenvalue weighted by Crippen LogP contribution is 2.39. The van der Waals surface area contributed by atoms with Crippen LogP contribution < -0.4 is 4.74 Å². The molecule has 6 nitrogen and oxygen atoms in total. The van der Waals surface area contributed by atoms with Crippen LogP contribution in [0.1, 0.15) is 22.7 Å². The van der Waals surface area contributed by atoms with Crippen molar-refractivity contribution in [1.29, 1.82) is 0 Å². The van der Waals surface area contributed by atoms with Gasteiger partial charge >= 0.3 is 0 Å². The minimum atomic E-state index is -0.845. The van der Waals surface area contributed by atoms with Crippen LogP contribution in [-0.2, 0) is 16.0 Å². The van der Waals surface area contributed by atoms with Crippen LogP contribution in [0.3, 0.4) is 0 Å². The highest BCUT2D eigenvalue weighted by Gasteiger charge is 2.45. The molecule has 3 aromatic carbocycles. The Morgan fingerprint density at radius 3 is 2.46 bits per heavy atom. The van der Waals surface area contributed by atoms with Crippen LogP contribution in [0.25, 0.3) is 16.7 Å². The van der Waals surface area contributed by atoms with Crippen molar-refractivity contribution >= 4 is 28.4 Å². The SMILES string of the molecule is COc1ccc(C(O)=C2C(=O)C(=O)N(CCc3c[nH]c4ccccc34)C2c2ccc(F)cc2)cc1. The number of aliphatic hydroxyl groups excluding tert-OH is 1. The number of amides is 1. The Hall–Kier alpha value is -4.39. The summed E-state index contributed by atoms with van der Waals surface area (Å²) in [6.07, 6.45) is 2.39. The van der Waals surface area contributed by atoms with Crippen LogP contribution in [0, 0.1) is 5.82 Å². The molecule has 1 amide bonds. The van der Waals surface area contributed by atoms with Crippen LogP contribution in [0.15, 0.2) is 84.6 Å². The van der Waals surface area contributed by atoms with Crippen molar-refractivity contribution < 1.29 is 23.8 Å². The second-order valence-electron chi connectivity index (χ2n) is 8.38. The first-order valence-corrected chi connectivity index (χ1v) is 11.2. The Kier molecular flexibility index (Phi) is 5.82. The molecule has 0 spiro atoms. The highest BCUT2D eigenvalue weighted by molar-refractivity contribution is 6.46. The van der Waals surface area contributed by atoms with Gasteiger partial charge in [0.15, 0.2) is 0 Å². The summed E-state index contributed by atoms with van der Waals surface area (Å²) < 4.78 is 18.8. The Bertz CT molecular complexity index is 1440. The molecule has 1 aliphatic heterocycles. The van der Waals surface area contributed by atoms with E-state index in [9.17, 15) is 19.1 Å². The lowest BCUT2D eigenvalue weighted by molar-refractivity contribution is -0.139. The van der Waals surface area contributed by atoms with Gasteiger partial charge in [-0.3, -0.25) is 9.59 Å². The normalized spacial score (nSPS) is 17.3. The number of H-pyrrole nitrogens is 1. The fraction of sp³-hybridized carbons (Fsp3) is 0.143. The van der Waals surface area contributed by atoms with Crippen molar-refractivity contribution in [2.24, 2.45) is 0 Å². The van der Waals surface area contributed by atoms with Crippen molar-refractivity contribution in [2.45, 2.75) is 12.5 Å². The number of likely N-dealkylation sites (tertiary alicyclic amines) is 1. The molecule has 35 heavy (non-hydrogen) atoms. The Labute approximate surface area is 201 Å². The lowest BCUT2D eigenvalue weighted by Crippen LogP contribution is -2.31. The minimum absolute atomic E-state index is 0.0225. The zero-order valence-electron chi connectivity index (χ0n) is 19.0. The fourth-order valence-corrected chi connectivity index (χ4v) is 4.59. The number of nitrogens with zero attached hydrogens (tertiary/aromatic N) is 1. The maximum atomic E-state index is 13.7. The molecule has 1 fully saturated rings. The summed E-state index contributed by atoms with van der Waals surface area (Å²) in [6, 6.07) is 19.2. The molecule has 0 bridgehead atoms. The number of para-hydroxylation sites is 1. The van der Waals surface area contributed by atoms with Gasteiger partial charge in [-0.05, 0) is 60.0 Å². The first-order valence-electron chi connectivity index (χ1n) is 11.2. The second kappa shape index (κ2) is 9.10. The molecule has 7 heteroatoms. The number of ketones is 1. The molecule has 1 atom stereocenters. The van der Waals surface area contributed by atoms with Gasteiger partial charge in [0.05, 0.1) is 18.7 Å². The van der Waals surface area contributed by atoms with Gasteiger partial charge in [-0.25, -0.2) is 4.39 Å². The van der Waals surface area contributed by atoms with E-state index in [1.807, 2.05) is 30.5 Å². The van der Waals surface area contributed by atoms with Gasteiger partial charge in [0, 0.05) is 29.2 Å². The van der Waals surface area contributed by atoms with Crippen LogP contribution in [-0.4, -0.2) is 40.3 Å². The van der Waals surface area contributed by atoms with Crippen LogP contribution in [0.4, 0.5) is 4.39 Å². The lowest BCUT2D eigenvalue weighted by atomic mass is 9.95. The van der Waals surface area contributed by atoms with E-state index in [-0.39, 0.29) is 17.9 Å². The summed E-state index contributed by atoms with van der Waals surface area (Å²) in [7, 11) is 1.53. The lowest BCUT2D eigenvalue weighted by Gasteiger charge is -2.25. The molecule has 176 valence electrons. The van der Waals surface area contributed by atoms with E-state index in [0.717, 1.165) is 16.5 Å². The number of aliphatic hydroxyl groups is 1. The number of ether oxygens (including phenoxy) is 1. The second-order valence-corrected chi connectivity index (χ2v) is 8.38. The highest BCUT2D eigenvalue weighted by atomic mass is 19.1. The summed E-state index contributed by atoms with van der Waals surface area (Å²) in [5, 5.41) is 12.2. The smallest absolute Gasteiger partial charge is 0.295 e. The van der Waals surface area contributed by atoms with E-state index in [2.05, 4.69) is 4.98 Å². The predicted molar refractivity (Wildman–Crippen MR) is 130 cm³/mol. The van der Waals surface area contributed by atoms with E-state index >= 15 is 0 Å². The summed E-state index contributed by atoms with van der Waals surface area (Å²) in [6.45, 7) is 0.244. The van der Waals surface area contributed by atoms with Gasteiger partial charge in [0.25, 0.3) is 11.7 Å². The number of Topliss-reactive ketones (excluding diaryl/α,β-unsaturated/α-hetero) is 1. The third-order valence-electron chi connectivity index (χ3n) is 6.39. The number of carbonyl (C=O) groups excluding carboxylic acids is 2. The summed E-state index contributed by atoms with van der Waals surface area (Å²) in [5.41, 5.74) is 2.90. The largest absolute Gasteiger partial charge is 0.507 e. The van der Waals surface area contributed by atoms with E-state index in [4.69, 9.17) is 4.74 Å². The van der Waals surface area contributed by atoms with Crippen LogP contribution in [0.5, 0.6) is 5.75 Å². The molecule has 0 aliphatic carbocycles. The Balaban J connectivity index is 1.55. The Morgan fingerprint density at radius 2 is 1.74 bits per heavy atom. The number of hydrogen-bond acceptors (Lipinski definition) is 4. The third kappa shape index (κ3) is 4.05. The van der Waals surface area contributed by atoms with Crippen molar-refractivity contribution in [2.75, 3.05) is 13.7 Å². The van der Waals surface area contributed by atoms with Gasteiger partial charge in [-0.2, -0.15) is 0 Å². The quantitative estimate of drug-likeness (QED) is 0.237. The maximum absolute atomic E-state index is 13.7. The summed E-state index contributed by atoms with van der Waals surface area (Å²) in [5.74, 6) is -1.59. The molecular weight excluding hydrogens is 447 g/mol. The molecule has 0 saturated carbocycles. The average Bonchev–Trinajstić information content (AvgIpc) is 3.41. The molecule has 2 N–H and O–H groups in total. The standard InChI is InChI=1S/C28H23FN2O4/c1-35-21-12-8-18(9-13-21)26(32)24-25(17-6-10-20(29)11-7-17)31(28(34)27(24)33)15-14-19-16-30-23-5-3-2-4-22(19)23/h2-13,16,25,30,32H,14-15H2,1H3. The van der Waals surface area contributed by atoms with Crippen molar-refractivity contribution in [3.8, 4) is 5.75 Å². The number of fused-ring (bicyclic) bond motifs is 1.